The quantitative estimate of drug-likeness (QED) is 0.389. The van der Waals surface area contributed by atoms with Crippen LogP contribution < -0.4 is 5.73 Å². The molecule has 2 aromatic carbocycles. The first-order chi connectivity index (χ1) is 10.1. The van der Waals surface area contributed by atoms with Gasteiger partial charge in [-0.1, -0.05) is 65.8 Å². The molecule has 0 aliphatic heterocycles. The Morgan fingerprint density at radius 1 is 1.00 bits per heavy atom. The van der Waals surface area contributed by atoms with Crippen LogP contribution in [0.2, 0.25) is 0 Å². The lowest BCUT2D eigenvalue weighted by Crippen LogP contribution is -2.13. The van der Waals surface area contributed by atoms with E-state index in [0.717, 1.165) is 11.8 Å². The molecule has 108 valence electrons. The largest absolute Gasteiger partial charge is 0.411 e. The molecular weight excluding hydrogens is 268 g/mol. The first-order valence-corrected chi connectivity index (χ1v) is 6.22. The van der Waals surface area contributed by atoms with Gasteiger partial charge in [-0.2, -0.15) is 0 Å². The number of amides is 1. The molecule has 1 amide bonds. The maximum absolute atomic E-state index is 10.9. The van der Waals surface area contributed by atoms with Crippen LogP contribution in [0.25, 0.3) is 0 Å². The van der Waals surface area contributed by atoms with Gasteiger partial charge in [-0.3, -0.25) is 9.59 Å². The number of nitrogens with two attached hydrogens (primary N) is 1. The maximum Gasteiger partial charge on any atom is 0.221 e. The van der Waals surface area contributed by atoms with E-state index in [1.165, 1.54) is 0 Å². The van der Waals surface area contributed by atoms with E-state index in [0.29, 0.717) is 12.0 Å². The van der Waals surface area contributed by atoms with E-state index in [2.05, 4.69) is 5.16 Å². The highest BCUT2D eigenvalue weighted by Crippen LogP contribution is 1.98. The van der Waals surface area contributed by atoms with Crippen molar-refractivity contribution < 1.29 is 14.8 Å². The Bertz CT molecular complexity index is 595. The first-order valence-electron chi connectivity index (χ1n) is 6.22. The fourth-order valence-electron chi connectivity index (χ4n) is 1.53. The summed E-state index contributed by atoms with van der Waals surface area (Å²) in [6, 6.07) is 18.1. The standard InChI is InChI=1S/C8H7NO2.C8H9NO/c10-8(6-9-11)7-4-2-1-3-5-7;9-8(10)6-7-4-2-1-3-5-7/h1-6,11H;1-5H,6H2,(H2,9,10). The minimum absolute atomic E-state index is 0.286. The zero-order valence-corrected chi connectivity index (χ0v) is 11.3. The van der Waals surface area contributed by atoms with E-state index in [1.807, 2.05) is 36.4 Å². The van der Waals surface area contributed by atoms with Crippen LogP contribution in [0.1, 0.15) is 15.9 Å². The van der Waals surface area contributed by atoms with E-state index in [4.69, 9.17) is 10.9 Å². The Hall–Kier alpha value is -2.95. The van der Waals surface area contributed by atoms with Crippen LogP contribution in [-0.4, -0.2) is 23.1 Å². The van der Waals surface area contributed by atoms with Crippen molar-refractivity contribution in [3.05, 3.63) is 71.8 Å². The number of nitrogens with zero attached hydrogens (tertiary/aromatic N) is 1. The van der Waals surface area contributed by atoms with Crippen LogP contribution in [0.5, 0.6) is 0 Å². The van der Waals surface area contributed by atoms with E-state index in [1.54, 1.807) is 24.3 Å². The summed E-state index contributed by atoms with van der Waals surface area (Å²) in [5.41, 5.74) is 6.47. The number of carbonyl (C=O) groups is 2. The molecule has 0 saturated heterocycles. The molecule has 0 fully saturated rings. The zero-order valence-electron chi connectivity index (χ0n) is 11.3. The smallest absolute Gasteiger partial charge is 0.221 e. The van der Waals surface area contributed by atoms with Gasteiger partial charge in [0.25, 0.3) is 0 Å². The second kappa shape index (κ2) is 9.03. The number of Topliss-reactive ketones (excluding diaryl/α,β-unsaturated/α-hetero) is 1. The molecule has 0 aliphatic carbocycles. The summed E-state index contributed by atoms with van der Waals surface area (Å²) >= 11 is 0. The summed E-state index contributed by atoms with van der Waals surface area (Å²) in [5, 5.41) is 10.7. The van der Waals surface area contributed by atoms with Crippen molar-refractivity contribution in [1.82, 2.24) is 0 Å². The molecule has 0 bridgehead atoms. The van der Waals surface area contributed by atoms with Crippen LogP contribution in [0.4, 0.5) is 0 Å². The number of ketones is 1. The van der Waals surface area contributed by atoms with Gasteiger partial charge in [0.15, 0.2) is 0 Å². The Morgan fingerprint density at radius 2 is 1.52 bits per heavy atom. The van der Waals surface area contributed by atoms with Crippen LogP contribution in [0, 0.1) is 0 Å². The molecule has 0 spiro atoms. The Kier molecular flexibility index (Phi) is 6.93. The Balaban J connectivity index is 0.000000211. The molecule has 0 unspecified atom stereocenters. The van der Waals surface area contributed by atoms with Crippen LogP contribution in [0.15, 0.2) is 65.8 Å². The van der Waals surface area contributed by atoms with Crippen molar-refractivity contribution in [3.8, 4) is 0 Å². The molecular formula is C16H16N2O3. The molecule has 0 heterocycles. The average Bonchev–Trinajstić information content (AvgIpc) is 2.49. The van der Waals surface area contributed by atoms with E-state index >= 15 is 0 Å². The summed E-state index contributed by atoms with van der Waals surface area (Å²) in [7, 11) is 0. The summed E-state index contributed by atoms with van der Waals surface area (Å²) in [6.45, 7) is 0. The van der Waals surface area contributed by atoms with E-state index < -0.39 is 0 Å². The van der Waals surface area contributed by atoms with E-state index in [-0.39, 0.29) is 11.7 Å². The van der Waals surface area contributed by atoms with Crippen molar-refractivity contribution in [3.63, 3.8) is 0 Å². The molecule has 2 aromatic rings. The molecule has 0 saturated carbocycles. The highest BCUT2D eigenvalue weighted by Gasteiger charge is 1.99. The monoisotopic (exact) mass is 284 g/mol. The molecule has 0 radical (unpaired) electrons. The highest BCUT2D eigenvalue weighted by atomic mass is 16.4. The van der Waals surface area contributed by atoms with Crippen molar-refractivity contribution in [1.29, 1.82) is 0 Å². The van der Waals surface area contributed by atoms with Gasteiger partial charge in [0, 0.05) is 5.56 Å². The molecule has 5 heteroatoms. The minimum atomic E-state index is -0.298. The van der Waals surface area contributed by atoms with Gasteiger partial charge >= 0.3 is 0 Å². The fraction of sp³-hybridized carbons (Fsp3) is 0.0625. The number of rotatable bonds is 4. The molecule has 2 rings (SSSR count). The second-order valence-electron chi connectivity index (χ2n) is 4.10. The van der Waals surface area contributed by atoms with Gasteiger partial charge in [-0.25, -0.2) is 0 Å². The van der Waals surface area contributed by atoms with Gasteiger partial charge in [0.2, 0.25) is 11.7 Å². The highest BCUT2D eigenvalue weighted by molar-refractivity contribution is 6.35. The minimum Gasteiger partial charge on any atom is -0.411 e. The Morgan fingerprint density at radius 3 is 2.00 bits per heavy atom. The topological polar surface area (TPSA) is 92.8 Å². The average molecular weight is 284 g/mol. The lowest BCUT2D eigenvalue weighted by molar-refractivity contribution is -0.117. The molecule has 0 atom stereocenters. The predicted octanol–water partition coefficient (Wildman–Crippen LogP) is 2.04. The van der Waals surface area contributed by atoms with Gasteiger partial charge in [0.05, 0.1) is 6.42 Å². The van der Waals surface area contributed by atoms with Crippen LogP contribution >= 0.6 is 0 Å². The molecule has 0 aliphatic rings. The fourth-order valence-corrected chi connectivity index (χ4v) is 1.53. The predicted molar refractivity (Wildman–Crippen MR) is 80.4 cm³/mol. The van der Waals surface area contributed by atoms with E-state index in [9.17, 15) is 9.59 Å². The second-order valence-corrected chi connectivity index (χ2v) is 4.10. The lowest BCUT2D eigenvalue weighted by atomic mass is 10.1. The van der Waals surface area contributed by atoms with Crippen LogP contribution in [0.3, 0.4) is 0 Å². The first kappa shape index (κ1) is 16.1. The van der Waals surface area contributed by atoms with Crippen molar-refractivity contribution in [2.24, 2.45) is 10.9 Å². The lowest BCUT2D eigenvalue weighted by Gasteiger charge is -1.93. The Labute approximate surface area is 122 Å². The summed E-state index contributed by atoms with van der Waals surface area (Å²) in [6.07, 6.45) is 1.20. The van der Waals surface area contributed by atoms with Crippen molar-refractivity contribution >= 4 is 17.9 Å². The number of carbonyl (C=O) groups excluding carboxylic acids is 2. The number of oxime groups is 1. The summed E-state index contributed by atoms with van der Waals surface area (Å²) in [5.74, 6) is -0.584. The third kappa shape index (κ3) is 6.68. The maximum atomic E-state index is 10.9. The number of hydrogen-bond acceptors (Lipinski definition) is 4. The van der Waals surface area contributed by atoms with Gasteiger partial charge < -0.3 is 10.9 Å². The summed E-state index contributed by atoms with van der Waals surface area (Å²) < 4.78 is 0. The molecule has 0 aromatic heterocycles. The SMILES string of the molecule is NC(=O)Cc1ccccc1.O=C(C=NO)c1ccccc1. The van der Waals surface area contributed by atoms with Gasteiger partial charge in [-0.05, 0) is 5.56 Å². The molecule has 3 N–H and O–H groups in total. The zero-order chi connectivity index (χ0) is 15.5. The van der Waals surface area contributed by atoms with Gasteiger partial charge in [0.1, 0.15) is 6.21 Å². The third-order valence-electron chi connectivity index (χ3n) is 2.45. The van der Waals surface area contributed by atoms with Crippen molar-refractivity contribution in [2.45, 2.75) is 6.42 Å². The normalized spacial score (nSPS) is 9.71. The molecule has 5 nitrogen and oxygen atoms in total. The number of primary amides is 1. The third-order valence-corrected chi connectivity index (χ3v) is 2.45. The number of hydrogen-bond donors (Lipinski definition) is 2. The van der Waals surface area contributed by atoms with Crippen LogP contribution in [-0.2, 0) is 11.2 Å². The van der Waals surface area contributed by atoms with Crippen molar-refractivity contribution in [2.75, 3.05) is 0 Å². The van der Waals surface area contributed by atoms with Gasteiger partial charge in [-0.15, -0.1) is 0 Å². The molecule has 21 heavy (non-hydrogen) atoms. The number of benzene rings is 2. The summed E-state index contributed by atoms with van der Waals surface area (Å²) in [4.78, 5) is 21.3.